The second-order valence-electron chi connectivity index (χ2n) is 6.83. The Morgan fingerprint density at radius 3 is 1.85 bits per heavy atom. The van der Waals surface area contributed by atoms with E-state index in [1.807, 2.05) is 6.07 Å². The Hall–Kier alpha value is -3.00. The molecule has 2 nitrogen and oxygen atoms in total. The van der Waals surface area contributed by atoms with Gasteiger partial charge in [0.15, 0.2) is 11.5 Å². The van der Waals surface area contributed by atoms with Gasteiger partial charge in [-0.15, -0.1) is 0 Å². The van der Waals surface area contributed by atoms with Crippen molar-refractivity contribution in [3.05, 3.63) is 83.9 Å². The van der Waals surface area contributed by atoms with Crippen molar-refractivity contribution in [1.29, 1.82) is 0 Å². The molecular formula is C24H22O2. The maximum atomic E-state index is 9.62. The molecule has 4 aromatic carbocycles. The molecule has 0 bridgehead atoms. The summed E-state index contributed by atoms with van der Waals surface area (Å²) in [6.45, 7) is 0. The fraction of sp³-hybridized carbons (Fsp3) is 0.167. The molecule has 0 radical (unpaired) electrons. The Bertz CT molecular complexity index is 1010. The van der Waals surface area contributed by atoms with Crippen molar-refractivity contribution in [3.8, 4) is 11.5 Å². The van der Waals surface area contributed by atoms with Gasteiger partial charge in [0.25, 0.3) is 0 Å². The topological polar surface area (TPSA) is 40.5 Å². The van der Waals surface area contributed by atoms with Crippen molar-refractivity contribution in [2.75, 3.05) is 0 Å². The third kappa shape index (κ3) is 3.23. The Morgan fingerprint density at radius 2 is 1.19 bits per heavy atom. The molecule has 0 atom stereocenters. The number of aryl methyl sites for hydroxylation is 2. The standard InChI is InChI=1S/C24H22O2/c25-23-14-13-17(15-24(23)26)7-1-4-12-22-20-10-5-2-8-18(20)16-19-9-3-6-11-21(19)22/h2-3,5-6,8-11,13-16,25-26H,1,4,7,12H2. The highest BCUT2D eigenvalue weighted by molar-refractivity contribution is 6.02. The molecule has 4 aromatic rings. The maximum absolute atomic E-state index is 9.62. The van der Waals surface area contributed by atoms with E-state index >= 15 is 0 Å². The highest BCUT2D eigenvalue weighted by Gasteiger charge is 2.07. The van der Waals surface area contributed by atoms with Gasteiger partial charge in [0, 0.05) is 0 Å². The van der Waals surface area contributed by atoms with Crippen LogP contribution in [0.15, 0.2) is 72.8 Å². The lowest BCUT2D eigenvalue weighted by Gasteiger charge is -2.12. The highest BCUT2D eigenvalue weighted by Crippen LogP contribution is 2.30. The Kier molecular flexibility index (Phi) is 4.49. The fourth-order valence-corrected chi connectivity index (χ4v) is 3.73. The summed E-state index contributed by atoms with van der Waals surface area (Å²) in [6.07, 6.45) is 4.06. The van der Waals surface area contributed by atoms with Crippen molar-refractivity contribution in [3.63, 3.8) is 0 Å². The molecule has 0 aliphatic rings. The smallest absolute Gasteiger partial charge is 0.157 e. The number of phenols is 2. The van der Waals surface area contributed by atoms with Crippen molar-refractivity contribution >= 4 is 21.5 Å². The number of hydrogen-bond donors (Lipinski definition) is 2. The van der Waals surface area contributed by atoms with Crippen molar-refractivity contribution in [2.45, 2.75) is 25.7 Å². The molecule has 2 heteroatoms. The predicted molar refractivity (Wildman–Crippen MR) is 108 cm³/mol. The first-order chi connectivity index (χ1) is 12.7. The number of fused-ring (bicyclic) bond motifs is 2. The second-order valence-corrected chi connectivity index (χ2v) is 6.83. The molecule has 0 heterocycles. The molecular weight excluding hydrogens is 320 g/mol. The minimum absolute atomic E-state index is 0.0393. The van der Waals surface area contributed by atoms with E-state index in [0.717, 1.165) is 31.2 Å². The Labute approximate surface area is 153 Å². The normalized spacial score (nSPS) is 11.2. The van der Waals surface area contributed by atoms with Crippen LogP contribution in [0.1, 0.15) is 24.0 Å². The van der Waals surface area contributed by atoms with Gasteiger partial charge in [0.05, 0.1) is 0 Å². The maximum Gasteiger partial charge on any atom is 0.157 e. The van der Waals surface area contributed by atoms with E-state index in [4.69, 9.17) is 0 Å². The first-order valence-corrected chi connectivity index (χ1v) is 9.12. The number of benzene rings is 4. The van der Waals surface area contributed by atoms with Gasteiger partial charge in [-0.25, -0.2) is 0 Å². The zero-order valence-corrected chi connectivity index (χ0v) is 14.7. The van der Waals surface area contributed by atoms with Crippen LogP contribution in [-0.2, 0) is 12.8 Å². The van der Waals surface area contributed by atoms with E-state index in [9.17, 15) is 10.2 Å². The van der Waals surface area contributed by atoms with E-state index in [0.29, 0.717) is 0 Å². The van der Waals surface area contributed by atoms with Crippen molar-refractivity contribution in [2.24, 2.45) is 0 Å². The van der Waals surface area contributed by atoms with Gasteiger partial charge in [0.2, 0.25) is 0 Å². The molecule has 26 heavy (non-hydrogen) atoms. The van der Waals surface area contributed by atoms with Gasteiger partial charge >= 0.3 is 0 Å². The molecule has 130 valence electrons. The van der Waals surface area contributed by atoms with Crippen LogP contribution in [0.3, 0.4) is 0 Å². The Morgan fingerprint density at radius 1 is 0.577 bits per heavy atom. The summed E-state index contributed by atoms with van der Waals surface area (Å²) in [7, 11) is 0. The molecule has 0 unspecified atom stereocenters. The van der Waals surface area contributed by atoms with Crippen molar-refractivity contribution < 1.29 is 10.2 Å². The third-order valence-corrected chi connectivity index (χ3v) is 5.06. The molecule has 0 aliphatic heterocycles. The zero-order chi connectivity index (χ0) is 17.9. The molecule has 0 aromatic heterocycles. The van der Waals surface area contributed by atoms with Crippen LogP contribution >= 0.6 is 0 Å². The predicted octanol–water partition coefficient (Wildman–Crippen LogP) is 5.97. The first kappa shape index (κ1) is 16.5. The van der Waals surface area contributed by atoms with Crippen LogP contribution < -0.4 is 0 Å². The average Bonchev–Trinajstić information content (AvgIpc) is 2.67. The highest BCUT2D eigenvalue weighted by atomic mass is 16.3. The van der Waals surface area contributed by atoms with E-state index in [2.05, 4.69) is 54.6 Å². The molecule has 0 saturated heterocycles. The third-order valence-electron chi connectivity index (χ3n) is 5.06. The van der Waals surface area contributed by atoms with Crippen LogP contribution in [0, 0.1) is 0 Å². The molecule has 0 spiro atoms. The van der Waals surface area contributed by atoms with E-state index in [1.54, 1.807) is 12.1 Å². The molecule has 0 fully saturated rings. The van der Waals surface area contributed by atoms with Gasteiger partial charge in [-0.05, 0) is 76.6 Å². The summed E-state index contributed by atoms with van der Waals surface area (Å²) in [5.41, 5.74) is 2.48. The summed E-state index contributed by atoms with van der Waals surface area (Å²) in [4.78, 5) is 0. The van der Waals surface area contributed by atoms with Gasteiger partial charge in [-0.3, -0.25) is 0 Å². The van der Waals surface area contributed by atoms with Gasteiger partial charge in [-0.1, -0.05) is 54.6 Å². The van der Waals surface area contributed by atoms with Crippen LogP contribution in [0.5, 0.6) is 11.5 Å². The molecule has 4 rings (SSSR count). The lowest BCUT2D eigenvalue weighted by molar-refractivity contribution is 0.403. The van der Waals surface area contributed by atoms with Crippen molar-refractivity contribution in [1.82, 2.24) is 0 Å². The second kappa shape index (κ2) is 7.09. The van der Waals surface area contributed by atoms with Crippen LogP contribution in [0.25, 0.3) is 21.5 Å². The van der Waals surface area contributed by atoms with Gasteiger partial charge in [0.1, 0.15) is 0 Å². The van der Waals surface area contributed by atoms with Crippen LogP contribution in [0.2, 0.25) is 0 Å². The zero-order valence-electron chi connectivity index (χ0n) is 14.7. The molecule has 0 amide bonds. The summed E-state index contributed by atoms with van der Waals surface area (Å²) in [6, 6.07) is 24.6. The molecule has 0 saturated carbocycles. The lowest BCUT2D eigenvalue weighted by Crippen LogP contribution is -1.93. The summed E-state index contributed by atoms with van der Waals surface area (Å²) in [5, 5.41) is 24.3. The van der Waals surface area contributed by atoms with E-state index in [-0.39, 0.29) is 11.5 Å². The first-order valence-electron chi connectivity index (χ1n) is 9.12. The number of unbranched alkanes of at least 4 members (excludes halogenated alkanes) is 1. The number of hydrogen-bond acceptors (Lipinski definition) is 2. The monoisotopic (exact) mass is 342 g/mol. The minimum Gasteiger partial charge on any atom is -0.504 e. The summed E-state index contributed by atoms with van der Waals surface area (Å²) in [5.74, 6) is -0.0986. The fourth-order valence-electron chi connectivity index (χ4n) is 3.73. The number of aromatic hydroxyl groups is 2. The number of phenolic OH excluding ortho intramolecular Hbond substituents is 2. The quantitative estimate of drug-likeness (QED) is 0.266. The van der Waals surface area contributed by atoms with Gasteiger partial charge in [-0.2, -0.15) is 0 Å². The van der Waals surface area contributed by atoms with Crippen LogP contribution in [-0.4, -0.2) is 10.2 Å². The summed E-state index contributed by atoms with van der Waals surface area (Å²) < 4.78 is 0. The van der Waals surface area contributed by atoms with Gasteiger partial charge < -0.3 is 10.2 Å². The minimum atomic E-state index is -0.0593. The molecule has 2 N–H and O–H groups in total. The van der Waals surface area contributed by atoms with E-state index in [1.165, 1.54) is 27.1 Å². The van der Waals surface area contributed by atoms with Crippen LogP contribution in [0.4, 0.5) is 0 Å². The largest absolute Gasteiger partial charge is 0.504 e. The summed E-state index contributed by atoms with van der Waals surface area (Å²) >= 11 is 0. The SMILES string of the molecule is Oc1ccc(CCCCc2c3ccccc3cc3ccccc23)cc1O. The van der Waals surface area contributed by atoms with E-state index < -0.39 is 0 Å². The average molecular weight is 342 g/mol. The Balaban J connectivity index is 1.55. The number of rotatable bonds is 5. The molecule has 0 aliphatic carbocycles. The lowest BCUT2D eigenvalue weighted by atomic mass is 9.93.